The van der Waals surface area contributed by atoms with Gasteiger partial charge in [0.25, 0.3) is 0 Å². The maximum Gasteiger partial charge on any atom is 2.00 e. The van der Waals surface area contributed by atoms with Crippen LogP contribution in [0, 0.1) is 0 Å². The molecule has 0 spiro atoms. The summed E-state index contributed by atoms with van der Waals surface area (Å²) < 4.78 is 0. The van der Waals surface area contributed by atoms with E-state index >= 15 is 0 Å². The van der Waals surface area contributed by atoms with E-state index in [9.17, 15) is 14.4 Å². The fraction of sp³-hybridized carbons (Fsp3) is 0.429. The quantitative estimate of drug-likeness (QED) is 0.353. The Morgan fingerprint density at radius 3 is 1.21 bits per heavy atom. The van der Waals surface area contributed by atoms with Crippen LogP contribution in [0.1, 0.15) is 12.8 Å². The molecule has 6 N–H and O–H groups in total. The molecule has 106 valence electrons. The van der Waals surface area contributed by atoms with Gasteiger partial charge in [-0.15, -0.1) is 0 Å². The van der Waals surface area contributed by atoms with Crippen LogP contribution in [0.4, 0.5) is 4.79 Å². The summed E-state index contributed by atoms with van der Waals surface area (Å²) in [5, 5.41) is 50.5. The van der Waals surface area contributed by atoms with E-state index in [0.717, 1.165) is 0 Å². The topological polar surface area (TPSA) is 227 Å². The Bertz CT molecular complexity index is 305. The van der Waals surface area contributed by atoms with Gasteiger partial charge < -0.3 is 40.9 Å². The van der Waals surface area contributed by atoms with E-state index in [1.54, 1.807) is 0 Å². The van der Waals surface area contributed by atoms with Gasteiger partial charge in [0.15, 0.2) is 5.60 Å². The summed E-state index contributed by atoms with van der Waals surface area (Å²) in [4.78, 5) is 38.8. The van der Waals surface area contributed by atoms with Gasteiger partial charge in [-0.25, -0.2) is 4.79 Å². The summed E-state index contributed by atoms with van der Waals surface area (Å²) in [5.74, 6) is -5.02. The van der Waals surface area contributed by atoms with Gasteiger partial charge in [0, 0.05) is 0 Å². The van der Waals surface area contributed by atoms with E-state index in [1.807, 2.05) is 0 Å². The van der Waals surface area contributed by atoms with Crippen LogP contribution in [-0.4, -0.2) is 93.3 Å². The Kier molecular flexibility index (Phi) is 16.6. The predicted molar refractivity (Wildman–Crippen MR) is 51.9 cm³/mol. The summed E-state index contributed by atoms with van der Waals surface area (Å²) >= 11 is 0. The largest absolute Gasteiger partial charge is 2.00 e. The molecule has 0 aliphatic rings. The molecule has 0 fully saturated rings. The van der Waals surface area contributed by atoms with Crippen molar-refractivity contribution < 1.29 is 55.3 Å². The zero-order valence-electron chi connectivity index (χ0n) is 9.36. The Morgan fingerprint density at radius 2 is 1.11 bits per heavy atom. The Labute approximate surface area is 135 Å². The molecular weight excluding hydrogens is 300 g/mol. The fourth-order valence-electron chi connectivity index (χ4n) is 0.714. The molecule has 0 amide bonds. The van der Waals surface area contributed by atoms with Crippen LogP contribution in [0.5, 0.6) is 0 Å². The minimum atomic E-state index is -2.74. The molecule has 0 saturated heterocycles. The van der Waals surface area contributed by atoms with Gasteiger partial charge in [0.2, 0.25) is 0 Å². The molecule has 0 atom stereocenters. The van der Waals surface area contributed by atoms with Crippen molar-refractivity contribution in [3.8, 4) is 0 Å². The first-order valence-corrected chi connectivity index (χ1v) is 3.78. The maximum absolute atomic E-state index is 10.3. The first kappa shape index (κ1) is 26.4. The summed E-state index contributed by atoms with van der Waals surface area (Å²) in [6, 6.07) is 0. The molecule has 0 aromatic heterocycles. The van der Waals surface area contributed by atoms with Crippen molar-refractivity contribution in [3.05, 3.63) is 0 Å². The standard InChI is InChI=1S/C6H8O7.CH2O3.Ca.H2O/c7-3(8)1-6(13,5(11)12)2-4(9)10;2-1(3)4;;/h13H,1-2H2,(H,7,8)(H,9,10)(H,11,12);(H2,2,3,4);;1H2/q;;+2;/p-2. The number of aliphatic carboxylic acids is 3. The van der Waals surface area contributed by atoms with Crippen LogP contribution in [0.2, 0.25) is 0 Å². The number of carbonyl (C=O) groups is 4. The average Bonchev–Trinajstić information content (AvgIpc) is 1.98. The van der Waals surface area contributed by atoms with Gasteiger partial charge in [-0.2, -0.15) is 0 Å². The molecule has 0 heterocycles. The van der Waals surface area contributed by atoms with Gasteiger partial charge >= 0.3 is 55.6 Å². The number of carboxylic acids is 3. The van der Waals surface area contributed by atoms with Crippen LogP contribution in [0.25, 0.3) is 0 Å². The second kappa shape index (κ2) is 11.9. The van der Waals surface area contributed by atoms with Gasteiger partial charge in [0.1, 0.15) is 0 Å². The van der Waals surface area contributed by atoms with Crippen molar-refractivity contribution in [2.45, 2.75) is 18.4 Å². The normalized spacial score (nSPS) is 8.68. The summed E-state index contributed by atoms with van der Waals surface area (Å²) in [6.07, 6.45) is -4.62. The van der Waals surface area contributed by atoms with Crippen molar-refractivity contribution in [3.63, 3.8) is 0 Å². The summed E-state index contributed by atoms with van der Waals surface area (Å²) in [6.45, 7) is 0. The van der Waals surface area contributed by atoms with E-state index in [-0.39, 0.29) is 43.2 Å². The molecule has 0 aromatic carbocycles. The summed E-state index contributed by atoms with van der Waals surface area (Å²) in [5.41, 5.74) is -2.74. The minimum absolute atomic E-state index is 0. The first-order valence-electron chi connectivity index (χ1n) is 3.78. The van der Waals surface area contributed by atoms with Crippen LogP contribution in [-0.2, 0) is 14.4 Å². The van der Waals surface area contributed by atoms with E-state index in [1.165, 1.54) is 0 Å². The molecule has 0 aromatic rings. The minimum Gasteiger partial charge on any atom is -0.652 e. The van der Waals surface area contributed by atoms with E-state index < -0.39 is 42.5 Å². The van der Waals surface area contributed by atoms with Gasteiger partial charge in [0.05, 0.1) is 12.8 Å². The molecule has 11 nitrogen and oxygen atoms in total. The molecule has 0 unspecified atom stereocenters. The molecule has 19 heavy (non-hydrogen) atoms. The third kappa shape index (κ3) is 16.9. The monoisotopic (exact) mass is 310 g/mol. The Morgan fingerprint density at radius 1 is 0.895 bits per heavy atom. The molecule has 0 aliphatic heterocycles. The smallest absolute Gasteiger partial charge is 0.652 e. The van der Waals surface area contributed by atoms with Crippen molar-refractivity contribution in [1.29, 1.82) is 0 Å². The molecular formula is C7H10CaO11. The number of aliphatic hydroxyl groups is 1. The van der Waals surface area contributed by atoms with E-state index in [4.69, 9.17) is 35.4 Å². The average molecular weight is 310 g/mol. The number of hydrogen-bond donors (Lipinski definition) is 4. The zero-order valence-corrected chi connectivity index (χ0v) is 11.6. The third-order valence-corrected chi connectivity index (χ3v) is 1.29. The molecule has 0 rings (SSSR count). The second-order valence-corrected chi connectivity index (χ2v) is 2.73. The number of carbonyl (C=O) groups excluding carboxylic acids is 1. The van der Waals surface area contributed by atoms with E-state index in [0.29, 0.717) is 0 Å². The van der Waals surface area contributed by atoms with Crippen molar-refractivity contribution in [1.82, 2.24) is 0 Å². The first-order chi connectivity index (χ1) is 7.51. The third-order valence-electron chi connectivity index (χ3n) is 1.29. The summed E-state index contributed by atoms with van der Waals surface area (Å²) in [7, 11) is 0. The van der Waals surface area contributed by atoms with E-state index in [2.05, 4.69) is 0 Å². The van der Waals surface area contributed by atoms with Crippen molar-refractivity contribution in [2.24, 2.45) is 0 Å². The number of carboxylic acid groups (broad SMARTS) is 5. The second-order valence-electron chi connectivity index (χ2n) is 2.73. The van der Waals surface area contributed by atoms with Crippen molar-refractivity contribution >= 4 is 61.8 Å². The fourth-order valence-corrected chi connectivity index (χ4v) is 0.714. The van der Waals surface area contributed by atoms with Gasteiger partial charge in [-0.3, -0.25) is 9.59 Å². The molecule has 12 heteroatoms. The van der Waals surface area contributed by atoms with Crippen LogP contribution in [0.3, 0.4) is 0 Å². The van der Waals surface area contributed by atoms with Gasteiger partial charge in [-0.1, -0.05) is 0 Å². The maximum atomic E-state index is 10.3. The number of hydrogen-bond acceptors (Lipinski definition) is 7. The Hall–Kier alpha value is -1.14. The van der Waals surface area contributed by atoms with Crippen LogP contribution >= 0.6 is 0 Å². The van der Waals surface area contributed by atoms with Crippen molar-refractivity contribution in [2.75, 3.05) is 0 Å². The van der Waals surface area contributed by atoms with Crippen LogP contribution in [0.15, 0.2) is 0 Å². The SMILES string of the molecule is O.O=C(O)CC(O)(CC(=O)O)C(=O)O.O=C([O-])[O-].[Ca+2]. The predicted octanol–water partition coefficient (Wildman–Crippen LogP) is -4.90. The Balaban J connectivity index is -0.000000165. The van der Waals surface area contributed by atoms with Gasteiger partial charge in [-0.05, 0) is 6.16 Å². The van der Waals surface area contributed by atoms with Crippen LogP contribution < -0.4 is 10.2 Å². The molecule has 0 aliphatic carbocycles. The molecule has 0 saturated carbocycles. The molecule has 0 radical (unpaired) electrons. The number of rotatable bonds is 5. The zero-order chi connectivity index (χ0) is 14.2. The molecule has 0 bridgehead atoms.